The molecule has 0 saturated heterocycles. The number of nitrogens with two attached hydrogens (primary N) is 1. The summed E-state index contributed by atoms with van der Waals surface area (Å²) in [7, 11) is 1.59. The van der Waals surface area contributed by atoms with Crippen LogP contribution in [-0.4, -0.2) is 12.1 Å². The number of fused-ring (bicyclic) bond motifs is 1. The molecule has 4 nitrogen and oxygen atoms in total. The molecule has 96 valence electrons. The van der Waals surface area contributed by atoms with Crippen molar-refractivity contribution < 1.29 is 4.74 Å². The number of anilines is 1. The molecule has 1 heterocycles. The van der Waals surface area contributed by atoms with E-state index >= 15 is 0 Å². The Morgan fingerprint density at radius 2 is 2.11 bits per heavy atom. The van der Waals surface area contributed by atoms with Gasteiger partial charge in [-0.2, -0.15) is 0 Å². The Labute approximate surface area is 123 Å². The summed E-state index contributed by atoms with van der Waals surface area (Å²) in [5.41, 5.74) is 4.65. The molecule has 2 rings (SSSR count). The molecule has 0 amide bonds. The third-order valence-corrected chi connectivity index (χ3v) is 4.15. The predicted octanol–water partition coefficient (Wildman–Crippen LogP) is 3.74. The number of aromatic nitrogens is 1. The van der Waals surface area contributed by atoms with Crippen LogP contribution in [0, 0.1) is 0 Å². The summed E-state index contributed by atoms with van der Waals surface area (Å²) >= 11 is 15.6. The minimum atomic E-state index is 0.370. The molecule has 2 aromatic rings. The Morgan fingerprint density at radius 1 is 1.39 bits per heavy atom. The summed E-state index contributed by atoms with van der Waals surface area (Å²) in [4.78, 5) is 4.42. The predicted molar refractivity (Wildman–Crippen MR) is 78.0 cm³/mol. The summed E-state index contributed by atoms with van der Waals surface area (Å²) in [6.07, 6.45) is 0. The van der Waals surface area contributed by atoms with Crippen molar-refractivity contribution >= 4 is 55.7 Å². The molecule has 0 radical (unpaired) electrons. The topological polar surface area (TPSA) is 60.2 Å². The van der Waals surface area contributed by atoms with E-state index in [2.05, 4.69) is 26.3 Å². The fourth-order valence-electron chi connectivity index (χ4n) is 1.66. The summed E-state index contributed by atoms with van der Waals surface area (Å²) in [5.74, 6) is 5.51. The number of halogens is 3. The van der Waals surface area contributed by atoms with Crippen LogP contribution in [-0.2, 0) is 11.3 Å². The van der Waals surface area contributed by atoms with Gasteiger partial charge in [0.25, 0.3) is 0 Å². The van der Waals surface area contributed by atoms with Crippen molar-refractivity contribution in [1.82, 2.24) is 4.98 Å². The largest absolute Gasteiger partial charge is 0.378 e. The molecule has 0 unspecified atom stereocenters. The number of methoxy groups -OCH3 is 1. The zero-order valence-corrected chi connectivity index (χ0v) is 12.5. The van der Waals surface area contributed by atoms with E-state index < -0.39 is 0 Å². The van der Waals surface area contributed by atoms with Gasteiger partial charge in [-0.15, -0.1) is 0 Å². The van der Waals surface area contributed by atoms with Crippen LogP contribution < -0.4 is 11.3 Å². The van der Waals surface area contributed by atoms with E-state index in [1.54, 1.807) is 7.11 Å². The second-order valence-electron chi connectivity index (χ2n) is 3.62. The number of nitrogens with one attached hydrogen (secondary N) is 1. The molecule has 1 aromatic carbocycles. The number of nitrogen functional groups attached to an aromatic ring is 1. The third-order valence-electron chi connectivity index (χ3n) is 2.44. The highest BCUT2D eigenvalue weighted by Gasteiger charge is 2.14. The first-order chi connectivity index (χ1) is 8.58. The molecule has 0 atom stereocenters. The van der Waals surface area contributed by atoms with Crippen LogP contribution >= 0.6 is 39.1 Å². The van der Waals surface area contributed by atoms with Gasteiger partial charge in [-0.25, -0.2) is 4.98 Å². The first-order valence-electron chi connectivity index (χ1n) is 5.01. The minimum absolute atomic E-state index is 0.370. The first-order valence-corrected chi connectivity index (χ1v) is 6.56. The van der Waals surface area contributed by atoms with Crippen molar-refractivity contribution in [3.8, 4) is 0 Å². The lowest BCUT2D eigenvalue weighted by Crippen LogP contribution is -2.09. The van der Waals surface area contributed by atoms with E-state index in [0.717, 1.165) is 11.1 Å². The number of rotatable bonds is 3. The van der Waals surface area contributed by atoms with Crippen molar-refractivity contribution in [2.24, 2.45) is 5.84 Å². The fraction of sp³-hybridized carbons (Fsp3) is 0.182. The lowest BCUT2D eigenvalue weighted by molar-refractivity contribution is 0.182. The summed E-state index contributed by atoms with van der Waals surface area (Å²) < 4.78 is 5.75. The Balaban J connectivity index is 2.79. The Hall–Kier alpha value is -0.590. The fourth-order valence-corrected chi connectivity index (χ4v) is 2.59. The molecule has 1 aromatic heterocycles. The van der Waals surface area contributed by atoms with Gasteiger partial charge in [0.15, 0.2) is 0 Å². The summed E-state index contributed by atoms with van der Waals surface area (Å²) in [6, 6.07) is 3.63. The maximum absolute atomic E-state index is 6.20. The number of pyridine rings is 1. The molecule has 18 heavy (non-hydrogen) atoms. The van der Waals surface area contributed by atoms with Crippen LogP contribution in [0.3, 0.4) is 0 Å². The van der Waals surface area contributed by atoms with Crippen LogP contribution in [0.25, 0.3) is 10.9 Å². The number of benzene rings is 1. The van der Waals surface area contributed by atoms with Crippen LogP contribution in [0.2, 0.25) is 10.0 Å². The van der Waals surface area contributed by atoms with E-state index in [9.17, 15) is 0 Å². The van der Waals surface area contributed by atoms with Gasteiger partial charge in [-0.05, 0) is 28.1 Å². The molecule has 0 saturated carbocycles. The smallest absolute Gasteiger partial charge is 0.0929 e. The molecule has 0 aliphatic carbocycles. The number of hydrazine groups is 1. The molecule has 0 spiro atoms. The van der Waals surface area contributed by atoms with E-state index in [0.29, 0.717) is 32.3 Å². The lowest BCUT2D eigenvalue weighted by Gasteiger charge is -2.11. The van der Waals surface area contributed by atoms with Gasteiger partial charge in [0.2, 0.25) is 0 Å². The third kappa shape index (κ3) is 2.41. The SMILES string of the molecule is COCc1cc(NN)c2cc(Br)c(Cl)c(Cl)c2n1. The average Bonchev–Trinajstić information content (AvgIpc) is 2.37. The van der Waals surface area contributed by atoms with Gasteiger partial charge < -0.3 is 10.2 Å². The van der Waals surface area contributed by atoms with Gasteiger partial charge in [0, 0.05) is 17.0 Å². The van der Waals surface area contributed by atoms with Crippen molar-refractivity contribution in [2.75, 3.05) is 12.5 Å². The van der Waals surface area contributed by atoms with E-state index in [4.69, 9.17) is 33.8 Å². The zero-order chi connectivity index (χ0) is 13.3. The molecule has 3 N–H and O–H groups in total. The molecule has 7 heteroatoms. The first kappa shape index (κ1) is 13.8. The number of hydrogen-bond donors (Lipinski definition) is 2. The van der Waals surface area contributed by atoms with Crippen LogP contribution in [0.5, 0.6) is 0 Å². The molecule has 0 aliphatic heterocycles. The zero-order valence-electron chi connectivity index (χ0n) is 9.43. The molecule has 0 bridgehead atoms. The van der Waals surface area contributed by atoms with Gasteiger partial charge >= 0.3 is 0 Å². The second-order valence-corrected chi connectivity index (χ2v) is 5.23. The number of nitrogens with zero attached hydrogens (tertiary/aromatic N) is 1. The van der Waals surface area contributed by atoms with Crippen molar-refractivity contribution in [3.05, 3.63) is 32.3 Å². The van der Waals surface area contributed by atoms with Crippen LogP contribution in [0.15, 0.2) is 16.6 Å². The quantitative estimate of drug-likeness (QED) is 0.503. The van der Waals surface area contributed by atoms with Gasteiger partial charge in [0.05, 0.1) is 33.6 Å². The molecular weight excluding hydrogens is 341 g/mol. The molecule has 0 aliphatic rings. The lowest BCUT2D eigenvalue weighted by atomic mass is 10.1. The molecular formula is C11H10BrCl2N3O. The minimum Gasteiger partial charge on any atom is -0.378 e. The number of ether oxygens (including phenoxy) is 1. The standard InChI is InChI=1S/C11H10BrCl2N3O/c1-18-4-5-2-8(17-15)6-3-7(12)9(13)10(14)11(6)16-5/h2-3H,4,15H2,1H3,(H,16,17). The highest BCUT2D eigenvalue weighted by Crippen LogP contribution is 2.38. The maximum Gasteiger partial charge on any atom is 0.0929 e. The van der Waals surface area contributed by atoms with Gasteiger partial charge in [-0.1, -0.05) is 23.2 Å². The monoisotopic (exact) mass is 349 g/mol. The van der Waals surface area contributed by atoms with Crippen molar-refractivity contribution in [3.63, 3.8) is 0 Å². The maximum atomic E-state index is 6.20. The second kappa shape index (κ2) is 5.59. The van der Waals surface area contributed by atoms with Gasteiger partial charge in [-0.3, -0.25) is 5.84 Å². The van der Waals surface area contributed by atoms with E-state index in [-0.39, 0.29) is 0 Å². The van der Waals surface area contributed by atoms with Crippen molar-refractivity contribution in [1.29, 1.82) is 0 Å². The summed E-state index contributed by atoms with van der Waals surface area (Å²) in [6.45, 7) is 0.370. The highest BCUT2D eigenvalue weighted by atomic mass is 79.9. The number of hydrogen-bond acceptors (Lipinski definition) is 4. The van der Waals surface area contributed by atoms with Gasteiger partial charge in [0.1, 0.15) is 0 Å². The van der Waals surface area contributed by atoms with E-state index in [1.807, 2.05) is 12.1 Å². The summed E-state index contributed by atoms with van der Waals surface area (Å²) in [5, 5.41) is 1.60. The highest BCUT2D eigenvalue weighted by molar-refractivity contribution is 9.10. The molecule has 0 fully saturated rings. The Kier molecular flexibility index (Phi) is 4.29. The van der Waals surface area contributed by atoms with Crippen LogP contribution in [0.1, 0.15) is 5.69 Å². The van der Waals surface area contributed by atoms with E-state index in [1.165, 1.54) is 0 Å². The van der Waals surface area contributed by atoms with Crippen LogP contribution in [0.4, 0.5) is 5.69 Å². The Bertz CT molecular complexity index is 607. The Morgan fingerprint density at radius 3 is 2.72 bits per heavy atom. The van der Waals surface area contributed by atoms with Crippen molar-refractivity contribution in [2.45, 2.75) is 6.61 Å². The average molecular weight is 351 g/mol. The normalized spacial score (nSPS) is 10.9.